The second-order valence-corrected chi connectivity index (χ2v) is 12.0. The van der Waals surface area contributed by atoms with Crippen molar-refractivity contribution in [2.24, 2.45) is 0 Å². The van der Waals surface area contributed by atoms with Crippen molar-refractivity contribution < 1.29 is 19.0 Å². The number of hydrogen-bond donors (Lipinski definition) is 0. The topological polar surface area (TPSA) is 44.8 Å². The maximum absolute atomic E-state index is 11.7. The molecule has 0 aromatic heterocycles. The molecule has 3 unspecified atom stereocenters. The molecular formula is C19H28O4Si. The minimum atomic E-state index is -1.98. The van der Waals surface area contributed by atoms with Crippen LogP contribution in [0.3, 0.4) is 0 Å². The van der Waals surface area contributed by atoms with E-state index in [1.807, 2.05) is 38.1 Å². The van der Waals surface area contributed by atoms with Crippen LogP contribution in [0.4, 0.5) is 0 Å². The largest absolute Gasteiger partial charge is 0.459 e. The summed E-state index contributed by atoms with van der Waals surface area (Å²) in [5.41, 5.74) is 0.0197. The van der Waals surface area contributed by atoms with E-state index in [0.29, 0.717) is 6.61 Å². The zero-order valence-electron chi connectivity index (χ0n) is 15.2. The minimum Gasteiger partial charge on any atom is -0.459 e. The number of carbonyl (C=O) groups is 1. The quantitative estimate of drug-likeness (QED) is 0.450. The molecule has 0 bridgehead atoms. The van der Waals surface area contributed by atoms with E-state index >= 15 is 0 Å². The molecule has 132 valence electrons. The molecule has 1 aromatic rings. The van der Waals surface area contributed by atoms with E-state index in [-0.39, 0.29) is 17.6 Å². The Kier molecular flexibility index (Phi) is 5.68. The van der Waals surface area contributed by atoms with Gasteiger partial charge in [-0.25, -0.2) is 0 Å². The van der Waals surface area contributed by atoms with Crippen LogP contribution in [0.1, 0.15) is 20.8 Å². The maximum atomic E-state index is 11.7. The molecule has 1 aliphatic rings. The SMILES string of the molecule is C=CC(C(OC(C)=O)C1COC(C)(C)O1)[Si](C)(C)c1ccccc1. The molecular weight excluding hydrogens is 320 g/mol. The van der Waals surface area contributed by atoms with Gasteiger partial charge in [-0.15, -0.1) is 6.58 Å². The average Bonchev–Trinajstić information content (AvgIpc) is 2.87. The molecule has 0 amide bonds. The lowest BCUT2D eigenvalue weighted by Crippen LogP contribution is -2.53. The van der Waals surface area contributed by atoms with Gasteiger partial charge in [0.2, 0.25) is 0 Å². The summed E-state index contributed by atoms with van der Waals surface area (Å²) in [6.07, 6.45) is 1.23. The molecule has 1 saturated heterocycles. The van der Waals surface area contributed by atoms with E-state index in [0.717, 1.165) is 0 Å². The zero-order chi connectivity index (χ0) is 18.0. The van der Waals surface area contributed by atoms with E-state index in [9.17, 15) is 4.79 Å². The van der Waals surface area contributed by atoms with Crippen LogP contribution < -0.4 is 5.19 Å². The molecule has 3 atom stereocenters. The van der Waals surface area contributed by atoms with Crippen LogP contribution in [-0.4, -0.2) is 38.6 Å². The summed E-state index contributed by atoms with van der Waals surface area (Å²) in [6.45, 7) is 14.2. The van der Waals surface area contributed by atoms with Gasteiger partial charge in [0, 0.05) is 12.5 Å². The summed E-state index contributed by atoms with van der Waals surface area (Å²) in [7, 11) is -1.98. The lowest BCUT2D eigenvalue weighted by atomic mass is 10.1. The normalized spacial score (nSPS) is 22.6. The lowest BCUT2D eigenvalue weighted by Gasteiger charge is -2.38. The van der Waals surface area contributed by atoms with Gasteiger partial charge in [0.05, 0.1) is 14.7 Å². The van der Waals surface area contributed by atoms with E-state index in [1.54, 1.807) is 0 Å². The smallest absolute Gasteiger partial charge is 0.303 e. The molecule has 0 spiro atoms. The van der Waals surface area contributed by atoms with Crippen molar-refractivity contribution >= 4 is 19.2 Å². The second-order valence-electron chi connectivity index (χ2n) is 7.29. The number of rotatable bonds is 6. The van der Waals surface area contributed by atoms with Crippen LogP contribution in [0.5, 0.6) is 0 Å². The van der Waals surface area contributed by atoms with Crippen LogP contribution in [-0.2, 0) is 19.0 Å². The van der Waals surface area contributed by atoms with E-state index in [4.69, 9.17) is 14.2 Å². The first-order valence-corrected chi connectivity index (χ1v) is 11.4. The summed E-state index contributed by atoms with van der Waals surface area (Å²) in [5.74, 6) is -0.967. The van der Waals surface area contributed by atoms with Crippen LogP contribution >= 0.6 is 0 Å². The Morgan fingerprint density at radius 2 is 2.00 bits per heavy atom. The molecule has 2 rings (SSSR count). The Balaban J connectivity index is 2.35. The molecule has 1 aromatic carbocycles. The van der Waals surface area contributed by atoms with E-state index in [2.05, 4.69) is 31.8 Å². The Bertz CT molecular complexity index is 582. The van der Waals surface area contributed by atoms with Gasteiger partial charge in [-0.1, -0.05) is 54.7 Å². The highest BCUT2D eigenvalue weighted by Crippen LogP contribution is 2.36. The minimum absolute atomic E-state index is 0.0197. The highest BCUT2D eigenvalue weighted by Gasteiger charge is 2.47. The average molecular weight is 349 g/mol. The van der Waals surface area contributed by atoms with Gasteiger partial charge >= 0.3 is 5.97 Å². The fraction of sp³-hybridized carbons (Fsp3) is 0.526. The van der Waals surface area contributed by atoms with Gasteiger partial charge < -0.3 is 14.2 Å². The maximum Gasteiger partial charge on any atom is 0.303 e. The Morgan fingerprint density at radius 3 is 2.46 bits per heavy atom. The van der Waals surface area contributed by atoms with Gasteiger partial charge in [0.15, 0.2) is 5.79 Å². The molecule has 0 aliphatic carbocycles. The molecule has 4 nitrogen and oxygen atoms in total. The van der Waals surface area contributed by atoms with Crippen LogP contribution in [0, 0.1) is 0 Å². The number of hydrogen-bond acceptors (Lipinski definition) is 4. The molecule has 0 saturated carbocycles. The van der Waals surface area contributed by atoms with E-state index < -0.39 is 20.0 Å². The Morgan fingerprint density at radius 1 is 1.38 bits per heavy atom. The van der Waals surface area contributed by atoms with Crippen molar-refractivity contribution in [3.63, 3.8) is 0 Å². The summed E-state index contributed by atoms with van der Waals surface area (Å²) >= 11 is 0. The van der Waals surface area contributed by atoms with Crippen molar-refractivity contribution in [3.05, 3.63) is 43.0 Å². The summed E-state index contributed by atoms with van der Waals surface area (Å²) in [4.78, 5) is 11.7. The molecule has 0 radical (unpaired) electrons. The number of benzene rings is 1. The zero-order valence-corrected chi connectivity index (χ0v) is 16.2. The number of esters is 1. The molecule has 0 N–H and O–H groups in total. The molecule has 1 aliphatic heterocycles. The number of ether oxygens (including phenoxy) is 3. The molecule has 1 fully saturated rings. The predicted octanol–water partition coefficient (Wildman–Crippen LogP) is 3.24. The Hall–Kier alpha value is -1.43. The fourth-order valence-corrected chi connectivity index (χ4v) is 6.48. The van der Waals surface area contributed by atoms with Crippen LogP contribution in [0.2, 0.25) is 18.6 Å². The fourth-order valence-electron chi connectivity index (χ4n) is 3.35. The van der Waals surface area contributed by atoms with Crippen molar-refractivity contribution in [1.29, 1.82) is 0 Å². The van der Waals surface area contributed by atoms with E-state index in [1.165, 1.54) is 12.1 Å². The van der Waals surface area contributed by atoms with Gasteiger partial charge in [-0.05, 0) is 13.8 Å². The number of carbonyl (C=O) groups excluding carboxylic acids is 1. The summed E-state index contributed by atoms with van der Waals surface area (Å²) < 4.78 is 17.4. The van der Waals surface area contributed by atoms with Gasteiger partial charge in [0.25, 0.3) is 0 Å². The first kappa shape index (κ1) is 18.9. The van der Waals surface area contributed by atoms with Crippen LogP contribution in [0.25, 0.3) is 0 Å². The van der Waals surface area contributed by atoms with Crippen molar-refractivity contribution in [1.82, 2.24) is 0 Å². The van der Waals surface area contributed by atoms with Crippen molar-refractivity contribution in [3.8, 4) is 0 Å². The predicted molar refractivity (Wildman–Crippen MR) is 98.0 cm³/mol. The van der Waals surface area contributed by atoms with Crippen LogP contribution in [0.15, 0.2) is 43.0 Å². The first-order valence-electron chi connectivity index (χ1n) is 8.34. The first-order chi connectivity index (χ1) is 11.2. The summed E-state index contributed by atoms with van der Waals surface area (Å²) in [5, 5.41) is 1.30. The third-order valence-corrected chi connectivity index (χ3v) is 8.71. The molecule has 1 heterocycles. The van der Waals surface area contributed by atoms with Gasteiger partial charge in [-0.3, -0.25) is 4.79 Å². The third-order valence-electron chi connectivity index (χ3n) is 4.66. The molecule has 5 heteroatoms. The summed E-state index contributed by atoms with van der Waals surface area (Å²) in [6, 6.07) is 10.4. The van der Waals surface area contributed by atoms with Crippen molar-refractivity contribution in [2.75, 3.05) is 6.61 Å². The highest BCUT2D eigenvalue weighted by molar-refractivity contribution is 6.91. The third kappa shape index (κ3) is 4.15. The van der Waals surface area contributed by atoms with Crippen molar-refractivity contribution in [2.45, 2.75) is 57.4 Å². The van der Waals surface area contributed by atoms with Gasteiger partial charge in [-0.2, -0.15) is 0 Å². The molecule has 24 heavy (non-hydrogen) atoms. The Labute approximate surface area is 145 Å². The lowest BCUT2D eigenvalue weighted by molar-refractivity contribution is -0.168. The van der Waals surface area contributed by atoms with Gasteiger partial charge in [0.1, 0.15) is 12.2 Å². The highest BCUT2D eigenvalue weighted by atomic mass is 28.3. The second kappa shape index (κ2) is 7.21. The monoisotopic (exact) mass is 348 g/mol. The standard InChI is InChI=1S/C19H28O4Si/c1-7-17(24(5,6)15-11-9-8-10-12-15)18(22-14(2)20)16-13-21-19(3,4)23-16/h7-12,16-18H,1,13H2,2-6H3.